The molecule has 0 aromatic heterocycles. The number of aryl methyl sites for hydroxylation is 1. The molecular formula is C21H29IN4O2. The Labute approximate surface area is 184 Å². The molecule has 1 aliphatic heterocycles. The summed E-state index contributed by atoms with van der Waals surface area (Å²) >= 11 is 0. The van der Waals surface area contributed by atoms with E-state index in [2.05, 4.69) is 53.3 Å². The van der Waals surface area contributed by atoms with Crippen molar-refractivity contribution in [3.05, 3.63) is 48.0 Å². The Bertz CT molecular complexity index is 798. The highest BCUT2D eigenvalue weighted by Crippen LogP contribution is 2.32. The molecular weight excluding hydrogens is 467 g/mol. The summed E-state index contributed by atoms with van der Waals surface area (Å²) in [5, 5.41) is 3.13. The lowest BCUT2D eigenvalue weighted by molar-refractivity contribution is 0.297. The standard InChI is InChI=1S/C21H28N4O2.HI/c1-3-25(18-7-4-6-16(2)14-18)11-10-23-21(22)24-17-8-9-19-20(15-17)27-13-5-12-26-19;/h4,6-9,14-15H,3,5,10-13H2,1-2H3,(H3,22,23,24);1H. The Morgan fingerprint density at radius 3 is 2.68 bits per heavy atom. The van der Waals surface area contributed by atoms with E-state index in [1.54, 1.807) is 0 Å². The lowest BCUT2D eigenvalue weighted by atomic mass is 10.2. The fourth-order valence-electron chi connectivity index (χ4n) is 3.01. The zero-order chi connectivity index (χ0) is 19.1. The quantitative estimate of drug-likeness (QED) is 0.359. The van der Waals surface area contributed by atoms with Gasteiger partial charge in [0, 0.05) is 37.0 Å². The molecule has 7 heteroatoms. The highest BCUT2D eigenvalue weighted by molar-refractivity contribution is 14.0. The minimum atomic E-state index is 0. The van der Waals surface area contributed by atoms with Gasteiger partial charge in [-0.2, -0.15) is 0 Å². The topological polar surface area (TPSA) is 72.1 Å². The highest BCUT2D eigenvalue weighted by Gasteiger charge is 2.11. The molecule has 28 heavy (non-hydrogen) atoms. The number of aliphatic imine (C=N–C) groups is 1. The molecule has 0 bridgehead atoms. The van der Waals surface area contributed by atoms with Crippen molar-refractivity contribution in [2.45, 2.75) is 20.3 Å². The van der Waals surface area contributed by atoms with Crippen LogP contribution in [0.1, 0.15) is 18.9 Å². The van der Waals surface area contributed by atoms with Crippen molar-refractivity contribution < 1.29 is 9.47 Å². The SMILES string of the molecule is CCN(CCN=C(N)Nc1ccc2c(c1)OCCCO2)c1cccc(C)c1.I. The van der Waals surface area contributed by atoms with E-state index in [1.807, 2.05) is 18.2 Å². The Morgan fingerprint density at radius 1 is 1.14 bits per heavy atom. The molecule has 0 amide bonds. The first-order chi connectivity index (χ1) is 13.2. The number of guanidine groups is 1. The summed E-state index contributed by atoms with van der Waals surface area (Å²) in [6, 6.07) is 14.2. The van der Waals surface area contributed by atoms with E-state index in [9.17, 15) is 0 Å². The monoisotopic (exact) mass is 496 g/mol. The number of nitrogens with one attached hydrogen (secondary N) is 1. The smallest absolute Gasteiger partial charge is 0.193 e. The summed E-state index contributed by atoms with van der Waals surface area (Å²) < 4.78 is 11.3. The third-order valence-electron chi connectivity index (χ3n) is 4.42. The number of likely N-dealkylation sites (N-methyl/N-ethyl adjacent to an activating group) is 1. The second-order valence-corrected chi connectivity index (χ2v) is 6.52. The van der Waals surface area contributed by atoms with Gasteiger partial charge in [-0.1, -0.05) is 12.1 Å². The van der Waals surface area contributed by atoms with Gasteiger partial charge in [-0.05, 0) is 43.7 Å². The fraction of sp³-hybridized carbons (Fsp3) is 0.381. The van der Waals surface area contributed by atoms with Crippen molar-refractivity contribution in [1.82, 2.24) is 0 Å². The second kappa shape index (κ2) is 11.0. The molecule has 1 aliphatic rings. The zero-order valence-electron chi connectivity index (χ0n) is 16.5. The molecule has 0 radical (unpaired) electrons. The molecule has 2 aromatic carbocycles. The van der Waals surface area contributed by atoms with Gasteiger partial charge in [0.1, 0.15) is 0 Å². The molecule has 3 rings (SSSR count). The van der Waals surface area contributed by atoms with E-state index < -0.39 is 0 Å². The first-order valence-corrected chi connectivity index (χ1v) is 9.44. The van der Waals surface area contributed by atoms with E-state index >= 15 is 0 Å². The van der Waals surface area contributed by atoms with Crippen LogP contribution in [0, 0.1) is 6.92 Å². The van der Waals surface area contributed by atoms with E-state index in [0.29, 0.717) is 25.7 Å². The molecule has 6 nitrogen and oxygen atoms in total. The van der Waals surface area contributed by atoms with Crippen LogP contribution in [0.25, 0.3) is 0 Å². The van der Waals surface area contributed by atoms with E-state index in [-0.39, 0.29) is 24.0 Å². The number of fused-ring (bicyclic) bond motifs is 1. The first-order valence-electron chi connectivity index (χ1n) is 9.44. The number of hydrogen-bond donors (Lipinski definition) is 2. The number of halogens is 1. The third kappa shape index (κ3) is 6.19. The number of nitrogens with two attached hydrogens (primary N) is 1. The van der Waals surface area contributed by atoms with Crippen molar-refractivity contribution in [2.75, 3.05) is 43.1 Å². The molecule has 0 fully saturated rings. The maximum absolute atomic E-state index is 6.05. The lowest BCUT2D eigenvalue weighted by Crippen LogP contribution is -2.28. The average Bonchev–Trinajstić information content (AvgIpc) is 2.90. The number of anilines is 2. The first kappa shape index (κ1) is 22.1. The van der Waals surface area contributed by atoms with Gasteiger partial charge >= 0.3 is 0 Å². The van der Waals surface area contributed by atoms with Gasteiger partial charge in [-0.3, -0.25) is 4.99 Å². The summed E-state index contributed by atoms with van der Waals surface area (Å²) in [7, 11) is 0. The van der Waals surface area contributed by atoms with Crippen molar-refractivity contribution in [3.63, 3.8) is 0 Å². The summed E-state index contributed by atoms with van der Waals surface area (Å²) in [5.74, 6) is 1.90. The van der Waals surface area contributed by atoms with Crippen LogP contribution in [0.4, 0.5) is 11.4 Å². The molecule has 0 atom stereocenters. The molecule has 0 spiro atoms. The summed E-state index contributed by atoms with van der Waals surface area (Å²) in [6.45, 7) is 7.94. The van der Waals surface area contributed by atoms with Crippen molar-refractivity contribution in [3.8, 4) is 11.5 Å². The van der Waals surface area contributed by atoms with Crippen molar-refractivity contribution in [2.24, 2.45) is 10.7 Å². The molecule has 0 saturated carbocycles. The highest BCUT2D eigenvalue weighted by atomic mass is 127. The molecule has 1 heterocycles. The lowest BCUT2D eigenvalue weighted by Gasteiger charge is -2.22. The molecule has 0 unspecified atom stereocenters. The normalized spacial score (nSPS) is 13.3. The van der Waals surface area contributed by atoms with Gasteiger partial charge in [0.2, 0.25) is 0 Å². The Hall–Kier alpha value is -2.16. The summed E-state index contributed by atoms with van der Waals surface area (Å²) in [5.41, 5.74) is 9.36. The van der Waals surface area contributed by atoms with Crippen LogP contribution in [0.2, 0.25) is 0 Å². The number of benzene rings is 2. The largest absolute Gasteiger partial charge is 0.490 e. The van der Waals surface area contributed by atoms with Gasteiger partial charge in [0.05, 0.1) is 19.8 Å². The number of nitrogens with zero attached hydrogens (tertiary/aromatic N) is 2. The Kier molecular flexibility index (Phi) is 8.69. The number of hydrogen-bond acceptors (Lipinski definition) is 4. The van der Waals surface area contributed by atoms with Crippen LogP contribution in [-0.4, -0.2) is 38.8 Å². The molecule has 2 aromatic rings. The van der Waals surface area contributed by atoms with Gasteiger partial charge < -0.3 is 25.4 Å². The Morgan fingerprint density at radius 2 is 1.93 bits per heavy atom. The van der Waals surface area contributed by atoms with Crippen LogP contribution < -0.4 is 25.4 Å². The van der Waals surface area contributed by atoms with E-state index in [4.69, 9.17) is 15.2 Å². The van der Waals surface area contributed by atoms with Crippen LogP contribution in [-0.2, 0) is 0 Å². The molecule has 152 valence electrons. The third-order valence-corrected chi connectivity index (χ3v) is 4.42. The molecule has 0 aliphatic carbocycles. The van der Waals surface area contributed by atoms with E-state index in [0.717, 1.165) is 36.7 Å². The summed E-state index contributed by atoms with van der Waals surface area (Å²) in [4.78, 5) is 6.74. The van der Waals surface area contributed by atoms with Gasteiger partial charge in [-0.25, -0.2) is 0 Å². The predicted octanol–water partition coefficient (Wildman–Crippen LogP) is 4.03. The average molecular weight is 496 g/mol. The maximum Gasteiger partial charge on any atom is 0.193 e. The fourth-order valence-corrected chi connectivity index (χ4v) is 3.01. The number of rotatable bonds is 6. The van der Waals surface area contributed by atoms with Gasteiger partial charge in [0.25, 0.3) is 0 Å². The van der Waals surface area contributed by atoms with Gasteiger partial charge in [0.15, 0.2) is 17.5 Å². The van der Waals surface area contributed by atoms with Crippen molar-refractivity contribution >= 4 is 41.3 Å². The zero-order valence-corrected chi connectivity index (χ0v) is 18.8. The van der Waals surface area contributed by atoms with Crippen LogP contribution in [0.3, 0.4) is 0 Å². The van der Waals surface area contributed by atoms with Crippen LogP contribution in [0.15, 0.2) is 47.5 Å². The van der Waals surface area contributed by atoms with Crippen molar-refractivity contribution in [1.29, 1.82) is 0 Å². The number of ether oxygens (including phenoxy) is 2. The molecule has 3 N–H and O–H groups in total. The van der Waals surface area contributed by atoms with Crippen LogP contribution in [0.5, 0.6) is 11.5 Å². The predicted molar refractivity (Wildman–Crippen MR) is 127 cm³/mol. The summed E-state index contributed by atoms with van der Waals surface area (Å²) in [6.07, 6.45) is 0.885. The Balaban J connectivity index is 0.00000280. The minimum Gasteiger partial charge on any atom is -0.490 e. The molecule has 0 saturated heterocycles. The second-order valence-electron chi connectivity index (χ2n) is 6.52. The minimum absolute atomic E-state index is 0. The van der Waals surface area contributed by atoms with E-state index in [1.165, 1.54) is 11.3 Å². The van der Waals surface area contributed by atoms with Gasteiger partial charge in [-0.15, -0.1) is 24.0 Å². The maximum atomic E-state index is 6.05. The van der Waals surface area contributed by atoms with Crippen LogP contribution >= 0.6 is 24.0 Å².